The zero-order chi connectivity index (χ0) is 15.2. The molecule has 0 fully saturated rings. The van der Waals surface area contributed by atoms with E-state index in [2.05, 4.69) is 10.2 Å². The van der Waals surface area contributed by atoms with Gasteiger partial charge in [-0.1, -0.05) is 47.6 Å². The maximum absolute atomic E-state index is 5.78. The lowest BCUT2D eigenvalue weighted by molar-refractivity contribution is 0.306. The van der Waals surface area contributed by atoms with E-state index < -0.39 is 0 Å². The molecule has 0 radical (unpaired) electrons. The van der Waals surface area contributed by atoms with E-state index in [0.717, 1.165) is 16.9 Å². The van der Waals surface area contributed by atoms with Crippen molar-refractivity contribution in [1.29, 1.82) is 0 Å². The first kappa shape index (κ1) is 13.9. The highest BCUT2D eigenvalue weighted by Crippen LogP contribution is 2.17. The number of nitrogens with two attached hydrogens (primary N) is 1. The largest absolute Gasteiger partial charge is 0.489 e. The fraction of sp³-hybridized carbons (Fsp3) is 0.0588. The standard InChI is InChI=1S/C17H15N3O2/c18-17-20-19-16(22-17)10-9-13-7-4-8-15(11-13)21-12-14-5-2-1-3-6-14/h1-11H,12H2,(H2,18,20)/b10-9+. The number of rotatable bonds is 5. The van der Waals surface area contributed by atoms with Gasteiger partial charge in [-0.15, -0.1) is 5.10 Å². The van der Waals surface area contributed by atoms with E-state index in [0.29, 0.717) is 12.5 Å². The molecule has 0 saturated carbocycles. The number of anilines is 1. The van der Waals surface area contributed by atoms with Crippen LogP contribution >= 0.6 is 0 Å². The highest BCUT2D eigenvalue weighted by Gasteiger charge is 1.99. The lowest BCUT2D eigenvalue weighted by atomic mass is 10.2. The van der Waals surface area contributed by atoms with Crippen molar-refractivity contribution >= 4 is 18.2 Å². The van der Waals surface area contributed by atoms with Gasteiger partial charge in [-0.3, -0.25) is 0 Å². The van der Waals surface area contributed by atoms with Gasteiger partial charge >= 0.3 is 6.01 Å². The molecule has 0 spiro atoms. The van der Waals surface area contributed by atoms with E-state index in [9.17, 15) is 0 Å². The van der Waals surface area contributed by atoms with Crippen LogP contribution in [-0.4, -0.2) is 10.2 Å². The number of ether oxygens (including phenoxy) is 1. The minimum Gasteiger partial charge on any atom is -0.489 e. The Morgan fingerprint density at radius 1 is 1.00 bits per heavy atom. The Morgan fingerprint density at radius 3 is 2.64 bits per heavy atom. The van der Waals surface area contributed by atoms with Crippen molar-refractivity contribution < 1.29 is 9.15 Å². The molecule has 5 heteroatoms. The zero-order valence-corrected chi connectivity index (χ0v) is 11.8. The van der Waals surface area contributed by atoms with Gasteiger partial charge in [-0.2, -0.15) is 0 Å². The molecule has 0 aliphatic rings. The number of benzene rings is 2. The number of nitrogen functional groups attached to an aromatic ring is 1. The van der Waals surface area contributed by atoms with E-state index in [4.69, 9.17) is 14.9 Å². The predicted octanol–water partition coefficient (Wildman–Crippen LogP) is 3.40. The zero-order valence-electron chi connectivity index (χ0n) is 11.8. The third-order valence-electron chi connectivity index (χ3n) is 2.98. The molecular formula is C17H15N3O2. The van der Waals surface area contributed by atoms with Crippen LogP contribution in [-0.2, 0) is 6.61 Å². The summed E-state index contributed by atoms with van der Waals surface area (Å²) in [5, 5.41) is 7.36. The van der Waals surface area contributed by atoms with Crippen molar-refractivity contribution in [3.8, 4) is 5.75 Å². The summed E-state index contributed by atoms with van der Waals surface area (Å²) in [4.78, 5) is 0. The summed E-state index contributed by atoms with van der Waals surface area (Å²) in [7, 11) is 0. The van der Waals surface area contributed by atoms with Crippen LogP contribution in [0.5, 0.6) is 5.75 Å². The van der Waals surface area contributed by atoms with Crippen LogP contribution in [0, 0.1) is 0 Å². The average Bonchev–Trinajstić information content (AvgIpc) is 2.98. The van der Waals surface area contributed by atoms with Gasteiger partial charge in [0.15, 0.2) is 0 Å². The molecule has 0 atom stereocenters. The molecule has 0 amide bonds. The molecule has 5 nitrogen and oxygen atoms in total. The molecule has 1 heterocycles. The Hall–Kier alpha value is -3.08. The summed E-state index contributed by atoms with van der Waals surface area (Å²) in [5.74, 6) is 1.17. The van der Waals surface area contributed by atoms with Crippen molar-refractivity contribution in [1.82, 2.24) is 10.2 Å². The lowest BCUT2D eigenvalue weighted by Crippen LogP contribution is -1.94. The maximum atomic E-state index is 5.78. The topological polar surface area (TPSA) is 74.2 Å². The fourth-order valence-corrected chi connectivity index (χ4v) is 1.93. The summed E-state index contributed by atoms with van der Waals surface area (Å²) < 4.78 is 10.9. The van der Waals surface area contributed by atoms with Crippen LogP contribution in [0.1, 0.15) is 17.0 Å². The van der Waals surface area contributed by atoms with Gasteiger partial charge in [0.1, 0.15) is 12.4 Å². The Bertz CT molecular complexity index is 766. The van der Waals surface area contributed by atoms with Gasteiger partial charge in [-0.25, -0.2) is 0 Å². The summed E-state index contributed by atoms with van der Waals surface area (Å²) in [6, 6.07) is 17.9. The Labute approximate surface area is 128 Å². The normalized spacial score (nSPS) is 10.9. The van der Waals surface area contributed by atoms with Crippen molar-refractivity contribution in [2.75, 3.05) is 5.73 Å². The first-order valence-electron chi connectivity index (χ1n) is 6.83. The van der Waals surface area contributed by atoms with Gasteiger partial charge in [0.05, 0.1) is 0 Å². The number of aromatic nitrogens is 2. The third kappa shape index (κ3) is 3.73. The molecule has 0 aliphatic heterocycles. The molecular weight excluding hydrogens is 278 g/mol. The number of hydrogen-bond acceptors (Lipinski definition) is 5. The first-order valence-corrected chi connectivity index (χ1v) is 6.83. The molecule has 0 bridgehead atoms. The van der Waals surface area contributed by atoms with Crippen LogP contribution in [0.15, 0.2) is 59.0 Å². The van der Waals surface area contributed by atoms with Crippen molar-refractivity contribution in [3.63, 3.8) is 0 Å². The quantitative estimate of drug-likeness (QED) is 0.780. The van der Waals surface area contributed by atoms with Gasteiger partial charge in [0, 0.05) is 6.08 Å². The molecule has 1 aromatic heterocycles. The SMILES string of the molecule is Nc1nnc(/C=C/c2cccc(OCc3ccccc3)c2)o1. The summed E-state index contributed by atoms with van der Waals surface area (Å²) in [6.07, 6.45) is 3.57. The van der Waals surface area contributed by atoms with Crippen molar-refractivity contribution in [3.05, 3.63) is 71.6 Å². The van der Waals surface area contributed by atoms with Gasteiger partial charge < -0.3 is 14.9 Å². The van der Waals surface area contributed by atoms with E-state index in [1.807, 2.05) is 60.7 Å². The maximum Gasteiger partial charge on any atom is 0.313 e. The Kier molecular flexibility index (Phi) is 4.15. The summed E-state index contributed by atoms with van der Waals surface area (Å²) >= 11 is 0. The molecule has 22 heavy (non-hydrogen) atoms. The third-order valence-corrected chi connectivity index (χ3v) is 2.98. The van der Waals surface area contributed by atoms with Crippen LogP contribution in [0.3, 0.4) is 0 Å². The minimum absolute atomic E-state index is 0.0552. The molecule has 0 unspecified atom stereocenters. The minimum atomic E-state index is 0.0552. The Morgan fingerprint density at radius 2 is 1.86 bits per heavy atom. The van der Waals surface area contributed by atoms with E-state index in [-0.39, 0.29) is 6.01 Å². The second kappa shape index (κ2) is 6.58. The van der Waals surface area contributed by atoms with E-state index >= 15 is 0 Å². The predicted molar refractivity (Wildman–Crippen MR) is 84.9 cm³/mol. The molecule has 3 aromatic rings. The summed E-state index contributed by atoms with van der Waals surface area (Å²) in [6.45, 7) is 0.536. The summed E-state index contributed by atoms with van der Waals surface area (Å²) in [5.41, 5.74) is 7.48. The van der Waals surface area contributed by atoms with Crippen molar-refractivity contribution in [2.24, 2.45) is 0 Å². The monoisotopic (exact) mass is 293 g/mol. The Balaban J connectivity index is 1.66. The molecule has 3 rings (SSSR count). The van der Waals surface area contributed by atoms with E-state index in [1.165, 1.54) is 0 Å². The second-order valence-corrected chi connectivity index (χ2v) is 4.66. The second-order valence-electron chi connectivity index (χ2n) is 4.66. The van der Waals surface area contributed by atoms with Gasteiger partial charge in [0.2, 0.25) is 5.89 Å². The van der Waals surface area contributed by atoms with Gasteiger partial charge in [0.25, 0.3) is 0 Å². The van der Waals surface area contributed by atoms with Crippen LogP contribution in [0.25, 0.3) is 12.2 Å². The molecule has 110 valence electrons. The highest BCUT2D eigenvalue weighted by atomic mass is 16.5. The fourth-order valence-electron chi connectivity index (χ4n) is 1.93. The van der Waals surface area contributed by atoms with Crippen LogP contribution in [0.2, 0.25) is 0 Å². The number of nitrogens with zero attached hydrogens (tertiary/aromatic N) is 2. The van der Waals surface area contributed by atoms with E-state index in [1.54, 1.807) is 6.08 Å². The molecule has 0 saturated heterocycles. The molecule has 0 aliphatic carbocycles. The average molecular weight is 293 g/mol. The van der Waals surface area contributed by atoms with Crippen molar-refractivity contribution in [2.45, 2.75) is 6.61 Å². The number of hydrogen-bond donors (Lipinski definition) is 1. The molecule has 2 aromatic carbocycles. The lowest BCUT2D eigenvalue weighted by Gasteiger charge is -2.06. The first-order chi connectivity index (χ1) is 10.8. The van der Waals surface area contributed by atoms with Crippen LogP contribution in [0.4, 0.5) is 6.01 Å². The van der Waals surface area contributed by atoms with Crippen LogP contribution < -0.4 is 10.5 Å². The van der Waals surface area contributed by atoms with Gasteiger partial charge in [-0.05, 0) is 29.3 Å². The molecule has 2 N–H and O–H groups in total. The smallest absolute Gasteiger partial charge is 0.313 e. The highest BCUT2D eigenvalue weighted by molar-refractivity contribution is 5.66.